The van der Waals surface area contributed by atoms with Crippen LogP contribution in [0.2, 0.25) is 0 Å². The van der Waals surface area contributed by atoms with E-state index in [-0.39, 0.29) is 34.9 Å². The molecule has 0 aromatic carbocycles. The maximum atomic E-state index is 12.1. The molecule has 0 aliphatic rings. The first kappa shape index (κ1) is 15.7. The van der Waals surface area contributed by atoms with Gasteiger partial charge in [-0.15, -0.1) is 0 Å². The minimum absolute atomic E-state index is 0.0166. The summed E-state index contributed by atoms with van der Waals surface area (Å²) in [5.41, 5.74) is -0.359. The number of aliphatic hydroxyl groups excluding tert-OH is 1. The molecule has 0 saturated heterocycles. The highest BCUT2D eigenvalue weighted by Gasteiger charge is 2.30. The first-order valence-electron chi connectivity index (χ1n) is 5.67. The zero-order valence-electron chi connectivity index (χ0n) is 10.9. The molecule has 1 atom stereocenters. The fourth-order valence-corrected chi connectivity index (χ4v) is 3.16. The number of carboxylic acids is 1. The summed E-state index contributed by atoms with van der Waals surface area (Å²) in [6.07, 6.45) is -0.411. The van der Waals surface area contributed by atoms with Gasteiger partial charge in [0.2, 0.25) is 10.0 Å². The number of aryl methyl sites for hydroxylation is 2. The molecule has 1 aromatic heterocycles. The summed E-state index contributed by atoms with van der Waals surface area (Å²) >= 11 is 0. The molecule has 1 heterocycles. The molecule has 0 fully saturated rings. The lowest BCUT2D eigenvalue weighted by Gasteiger charge is -2.08. The highest BCUT2D eigenvalue weighted by Crippen LogP contribution is 2.26. The molecule has 0 spiro atoms. The van der Waals surface area contributed by atoms with Crippen LogP contribution in [0.15, 0.2) is 9.31 Å². The predicted molar refractivity (Wildman–Crippen MR) is 66.6 cm³/mol. The van der Waals surface area contributed by atoms with Gasteiger partial charge in [-0.1, -0.05) is 0 Å². The molecular formula is C11H17NO6S. The van der Waals surface area contributed by atoms with Gasteiger partial charge in [0.05, 0.1) is 6.10 Å². The SMILES string of the molecule is Cc1oc(C)c(S(=O)(=O)NCCC(C)O)c1C(=O)O. The van der Waals surface area contributed by atoms with Crippen molar-refractivity contribution in [2.24, 2.45) is 0 Å². The van der Waals surface area contributed by atoms with Crippen molar-refractivity contribution in [1.82, 2.24) is 4.72 Å². The Labute approximate surface area is 111 Å². The quantitative estimate of drug-likeness (QED) is 0.708. The van der Waals surface area contributed by atoms with Crippen LogP contribution in [0, 0.1) is 13.8 Å². The van der Waals surface area contributed by atoms with E-state index < -0.39 is 22.1 Å². The number of aliphatic hydroxyl groups is 1. The van der Waals surface area contributed by atoms with E-state index in [0.717, 1.165) is 0 Å². The second kappa shape index (κ2) is 5.72. The van der Waals surface area contributed by atoms with Crippen molar-refractivity contribution < 1.29 is 27.8 Å². The number of aromatic carboxylic acids is 1. The van der Waals surface area contributed by atoms with Crippen LogP contribution in [0.25, 0.3) is 0 Å². The largest absolute Gasteiger partial charge is 0.478 e. The van der Waals surface area contributed by atoms with Gasteiger partial charge in [-0.05, 0) is 27.2 Å². The van der Waals surface area contributed by atoms with Gasteiger partial charge in [0.25, 0.3) is 0 Å². The zero-order valence-corrected chi connectivity index (χ0v) is 11.7. The Hall–Kier alpha value is -1.38. The first-order valence-corrected chi connectivity index (χ1v) is 7.16. The molecule has 0 saturated carbocycles. The number of furan rings is 1. The van der Waals surface area contributed by atoms with Crippen LogP contribution in [-0.4, -0.2) is 37.2 Å². The molecule has 1 rings (SSSR count). The molecule has 0 bridgehead atoms. The van der Waals surface area contributed by atoms with E-state index in [1.807, 2.05) is 0 Å². The highest BCUT2D eigenvalue weighted by molar-refractivity contribution is 7.89. The van der Waals surface area contributed by atoms with Gasteiger partial charge in [0.15, 0.2) is 0 Å². The van der Waals surface area contributed by atoms with E-state index in [4.69, 9.17) is 14.6 Å². The zero-order chi connectivity index (χ0) is 14.8. The Kier molecular flexibility index (Phi) is 4.72. The van der Waals surface area contributed by atoms with Crippen LogP contribution in [0.1, 0.15) is 35.2 Å². The third-order valence-electron chi connectivity index (χ3n) is 2.54. The third-order valence-corrected chi connectivity index (χ3v) is 4.16. The summed E-state index contributed by atoms with van der Waals surface area (Å²) < 4.78 is 31.4. The molecule has 1 aromatic rings. The summed E-state index contributed by atoms with van der Waals surface area (Å²) in [4.78, 5) is 10.7. The van der Waals surface area contributed by atoms with Crippen LogP contribution in [0.5, 0.6) is 0 Å². The van der Waals surface area contributed by atoms with E-state index in [2.05, 4.69) is 4.72 Å². The summed E-state index contributed by atoms with van der Waals surface area (Å²) in [5.74, 6) is -1.29. The lowest BCUT2D eigenvalue weighted by molar-refractivity contribution is 0.0691. The van der Waals surface area contributed by atoms with Crippen molar-refractivity contribution in [3.63, 3.8) is 0 Å². The lowest BCUT2D eigenvalue weighted by Crippen LogP contribution is -2.28. The number of rotatable bonds is 6. The summed E-state index contributed by atoms with van der Waals surface area (Å²) in [6, 6.07) is 0. The van der Waals surface area contributed by atoms with Crippen molar-refractivity contribution in [2.45, 2.75) is 38.2 Å². The minimum Gasteiger partial charge on any atom is -0.478 e. The number of carbonyl (C=O) groups is 1. The average Bonchev–Trinajstić information content (AvgIpc) is 2.53. The molecular weight excluding hydrogens is 274 g/mol. The fraction of sp³-hybridized carbons (Fsp3) is 0.545. The van der Waals surface area contributed by atoms with Gasteiger partial charge in [0.1, 0.15) is 22.0 Å². The average molecular weight is 291 g/mol. The maximum absolute atomic E-state index is 12.1. The molecule has 0 aliphatic heterocycles. The van der Waals surface area contributed by atoms with Gasteiger partial charge in [-0.2, -0.15) is 0 Å². The smallest absolute Gasteiger partial charge is 0.340 e. The van der Waals surface area contributed by atoms with E-state index in [9.17, 15) is 13.2 Å². The fourth-order valence-electron chi connectivity index (χ4n) is 1.71. The molecule has 1 unspecified atom stereocenters. The standard InChI is InChI=1S/C11H17NO6S/c1-6(13)4-5-12-19(16,17)10-8(3)18-7(2)9(10)11(14)15/h6,12-13H,4-5H2,1-3H3,(H,14,15). The Morgan fingerprint density at radius 2 is 1.95 bits per heavy atom. The van der Waals surface area contributed by atoms with Gasteiger partial charge in [-0.3, -0.25) is 0 Å². The van der Waals surface area contributed by atoms with Gasteiger partial charge < -0.3 is 14.6 Å². The van der Waals surface area contributed by atoms with Crippen LogP contribution in [0.3, 0.4) is 0 Å². The van der Waals surface area contributed by atoms with E-state index >= 15 is 0 Å². The van der Waals surface area contributed by atoms with Crippen LogP contribution in [0.4, 0.5) is 0 Å². The summed E-state index contributed by atoms with van der Waals surface area (Å²) in [6.45, 7) is 4.33. The number of hydrogen-bond donors (Lipinski definition) is 3. The number of carboxylic acid groups (broad SMARTS) is 1. The Morgan fingerprint density at radius 1 is 1.37 bits per heavy atom. The minimum atomic E-state index is -3.98. The first-order chi connectivity index (χ1) is 8.66. The summed E-state index contributed by atoms with van der Waals surface area (Å²) in [5, 5.41) is 18.1. The molecule has 8 heteroatoms. The highest BCUT2D eigenvalue weighted by atomic mass is 32.2. The van der Waals surface area contributed by atoms with E-state index in [1.54, 1.807) is 0 Å². The van der Waals surface area contributed by atoms with Crippen molar-refractivity contribution in [3.05, 3.63) is 17.1 Å². The summed E-state index contributed by atoms with van der Waals surface area (Å²) in [7, 11) is -3.98. The predicted octanol–water partition coefficient (Wildman–Crippen LogP) is 0.644. The van der Waals surface area contributed by atoms with Crippen LogP contribution in [-0.2, 0) is 10.0 Å². The topological polar surface area (TPSA) is 117 Å². The van der Waals surface area contributed by atoms with Crippen LogP contribution >= 0.6 is 0 Å². The Morgan fingerprint density at radius 3 is 2.42 bits per heavy atom. The van der Waals surface area contributed by atoms with Crippen molar-refractivity contribution in [1.29, 1.82) is 0 Å². The second-order valence-electron chi connectivity index (χ2n) is 4.26. The van der Waals surface area contributed by atoms with E-state index in [0.29, 0.717) is 0 Å². The van der Waals surface area contributed by atoms with Crippen LogP contribution < -0.4 is 4.72 Å². The third kappa shape index (κ3) is 3.55. The number of hydrogen-bond acceptors (Lipinski definition) is 5. The Balaban J connectivity index is 3.11. The van der Waals surface area contributed by atoms with Crippen molar-refractivity contribution in [3.8, 4) is 0 Å². The van der Waals surface area contributed by atoms with Gasteiger partial charge >= 0.3 is 5.97 Å². The molecule has 7 nitrogen and oxygen atoms in total. The Bertz CT molecular complexity index is 572. The van der Waals surface area contributed by atoms with Gasteiger partial charge in [0, 0.05) is 6.54 Å². The number of sulfonamides is 1. The monoisotopic (exact) mass is 291 g/mol. The molecule has 19 heavy (non-hydrogen) atoms. The molecule has 0 radical (unpaired) electrons. The normalized spacial score (nSPS) is 13.5. The lowest BCUT2D eigenvalue weighted by atomic mass is 10.2. The van der Waals surface area contributed by atoms with Crippen molar-refractivity contribution >= 4 is 16.0 Å². The molecule has 108 valence electrons. The molecule has 0 amide bonds. The second-order valence-corrected chi connectivity index (χ2v) is 5.96. The molecule has 3 N–H and O–H groups in total. The van der Waals surface area contributed by atoms with Crippen molar-refractivity contribution in [2.75, 3.05) is 6.54 Å². The number of nitrogens with one attached hydrogen (secondary N) is 1. The maximum Gasteiger partial charge on any atom is 0.340 e. The molecule has 0 aliphatic carbocycles. The van der Waals surface area contributed by atoms with E-state index in [1.165, 1.54) is 20.8 Å². The van der Waals surface area contributed by atoms with Gasteiger partial charge in [-0.25, -0.2) is 17.9 Å².